The third-order valence-corrected chi connectivity index (χ3v) is 6.54. The Balaban J connectivity index is 1.54. The molecular formula is C30H25N5O3. The SMILES string of the molecule is CCOc1cn(C)c2c1c(-c1ccc(C(=O)OC)cc1)nc1c(-c3ccc(-c4ccccc4)nc3)cnn12. The van der Waals surface area contributed by atoms with Crippen LogP contribution in [0.2, 0.25) is 0 Å². The Kier molecular flexibility index (Phi) is 5.84. The molecule has 0 saturated heterocycles. The molecule has 0 aliphatic heterocycles. The number of hydrogen-bond acceptors (Lipinski definition) is 6. The fourth-order valence-corrected chi connectivity index (χ4v) is 4.72. The van der Waals surface area contributed by atoms with E-state index in [1.165, 1.54) is 7.11 Å². The molecule has 4 aromatic heterocycles. The molecule has 0 amide bonds. The van der Waals surface area contributed by atoms with E-state index in [0.717, 1.165) is 50.4 Å². The molecule has 0 saturated carbocycles. The normalized spacial score (nSPS) is 11.2. The van der Waals surface area contributed by atoms with Gasteiger partial charge in [-0.1, -0.05) is 48.5 Å². The zero-order valence-electron chi connectivity index (χ0n) is 21.3. The van der Waals surface area contributed by atoms with E-state index >= 15 is 0 Å². The second kappa shape index (κ2) is 9.48. The van der Waals surface area contributed by atoms with Crippen molar-refractivity contribution >= 4 is 22.6 Å². The summed E-state index contributed by atoms with van der Waals surface area (Å²) in [4.78, 5) is 21.8. The lowest BCUT2D eigenvalue weighted by molar-refractivity contribution is 0.0600. The van der Waals surface area contributed by atoms with Crippen molar-refractivity contribution in [3.8, 4) is 39.4 Å². The lowest BCUT2D eigenvalue weighted by Gasteiger charge is -2.10. The molecular weight excluding hydrogens is 478 g/mol. The Morgan fingerprint density at radius 2 is 1.68 bits per heavy atom. The maximum Gasteiger partial charge on any atom is 0.337 e. The van der Waals surface area contributed by atoms with Crippen LogP contribution in [0.25, 0.3) is 50.3 Å². The van der Waals surface area contributed by atoms with Crippen molar-refractivity contribution in [2.75, 3.05) is 13.7 Å². The number of rotatable bonds is 6. The first kappa shape index (κ1) is 23.4. The summed E-state index contributed by atoms with van der Waals surface area (Å²) in [7, 11) is 3.34. The van der Waals surface area contributed by atoms with Gasteiger partial charge in [0.25, 0.3) is 0 Å². The van der Waals surface area contributed by atoms with E-state index in [1.54, 1.807) is 12.1 Å². The van der Waals surface area contributed by atoms with Crippen LogP contribution < -0.4 is 4.74 Å². The minimum absolute atomic E-state index is 0.385. The van der Waals surface area contributed by atoms with Gasteiger partial charge in [0.1, 0.15) is 11.4 Å². The predicted molar refractivity (Wildman–Crippen MR) is 146 cm³/mol. The molecule has 0 fully saturated rings. The highest BCUT2D eigenvalue weighted by Crippen LogP contribution is 2.38. The molecule has 0 aliphatic rings. The summed E-state index contributed by atoms with van der Waals surface area (Å²) in [6.45, 7) is 2.47. The van der Waals surface area contributed by atoms with Crippen LogP contribution in [0, 0.1) is 0 Å². The maximum atomic E-state index is 12.0. The van der Waals surface area contributed by atoms with Crippen LogP contribution in [0.3, 0.4) is 0 Å². The van der Waals surface area contributed by atoms with E-state index in [4.69, 9.17) is 24.5 Å². The van der Waals surface area contributed by atoms with Crippen LogP contribution >= 0.6 is 0 Å². The van der Waals surface area contributed by atoms with Gasteiger partial charge in [-0.15, -0.1) is 0 Å². The number of nitrogens with zero attached hydrogens (tertiary/aromatic N) is 5. The highest BCUT2D eigenvalue weighted by atomic mass is 16.5. The van der Waals surface area contributed by atoms with Gasteiger partial charge in [-0.05, 0) is 25.1 Å². The monoisotopic (exact) mass is 503 g/mol. The quantitative estimate of drug-likeness (QED) is 0.267. The number of fused-ring (bicyclic) bond motifs is 3. The van der Waals surface area contributed by atoms with Crippen molar-refractivity contribution < 1.29 is 14.3 Å². The minimum atomic E-state index is -0.385. The molecule has 8 nitrogen and oxygen atoms in total. The summed E-state index contributed by atoms with van der Waals surface area (Å²) in [6.07, 6.45) is 5.62. The largest absolute Gasteiger partial charge is 0.491 e. The molecule has 8 heteroatoms. The highest BCUT2D eigenvalue weighted by Gasteiger charge is 2.22. The third-order valence-electron chi connectivity index (χ3n) is 6.54. The average Bonchev–Trinajstić information content (AvgIpc) is 3.54. The number of carbonyl (C=O) groups is 1. The van der Waals surface area contributed by atoms with Gasteiger partial charge < -0.3 is 14.0 Å². The first-order valence-electron chi connectivity index (χ1n) is 12.3. The Bertz CT molecular complexity index is 1770. The Labute approximate surface area is 219 Å². The van der Waals surface area contributed by atoms with Gasteiger partial charge in [0.15, 0.2) is 5.65 Å². The Hall–Kier alpha value is -4.98. The summed E-state index contributed by atoms with van der Waals surface area (Å²) in [5.74, 6) is 0.335. The summed E-state index contributed by atoms with van der Waals surface area (Å²) in [6, 6.07) is 21.4. The number of aromatic nitrogens is 5. The summed E-state index contributed by atoms with van der Waals surface area (Å²) >= 11 is 0. The molecule has 6 aromatic rings. The van der Waals surface area contributed by atoms with Crippen molar-refractivity contribution in [1.29, 1.82) is 0 Å². The number of aryl methyl sites for hydroxylation is 1. The number of pyridine rings is 1. The zero-order chi connectivity index (χ0) is 26.2. The number of methoxy groups -OCH3 is 1. The van der Waals surface area contributed by atoms with Gasteiger partial charge in [-0.3, -0.25) is 4.98 Å². The molecule has 0 atom stereocenters. The molecule has 6 rings (SSSR count). The van der Waals surface area contributed by atoms with Gasteiger partial charge in [0, 0.05) is 41.7 Å². The number of ether oxygens (including phenoxy) is 2. The summed E-state index contributed by atoms with van der Waals surface area (Å²) < 4.78 is 14.7. The van der Waals surface area contributed by atoms with Gasteiger partial charge >= 0.3 is 5.97 Å². The van der Waals surface area contributed by atoms with Crippen LogP contribution in [0.4, 0.5) is 0 Å². The van der Waals surface area contributed by atoms with Crippen LogP contribution in [-0.4, -0.2) is 43.8 Å². The first-order valence-corrected chi connectivity index (χ1v) is 12.3. The van der Waals surface area contributed by atoms with Gasteiger partial charge in [-0.2, -0.15) is 9.61 Å². The lowest BCUT2D eigenvalue weighted by Crippen LogP contribution is -2.02. The minimum Gasteiger partial charge on any atom is -0.491 e. The van der Waals surface area contributed by atoms with Gasteiger partial charge in [-0.25, -0.2) is 9.78 Å². The number of esters is 1. The maximum absolute atomic E-state index is 12.0. The first-order chi connectivity index (χ1) is 18.6. The molecule has 0 spiro atoms. The van der Waals surface area contributed by atoms with Crippen molar-refractivity contribution in [3.63, 3.8) is 0 Å². The van der Waals surface area contributed by atoms with E-state index in [1.807, 2.05) is 96.2 Å². The molecule has 4 heterocycles. The number of benzene rings is 2. The number of carbonyl (C=O) groups excluding carboxylic acids is 1. The summed E-state index contributed by atoms with van der Waals surface area (Å²) in [5, 5.41) is 5.56. The predicted octanol–water partition coefficient (Wildman–Crippen LogP) is 5.80. The molecule has 188 valence electrons. The summed E-state index contributed by atoms with van der Waals surface area (Å²) in [5.41, 5.74) is 7.35. The van der Waals surface area contributed by atoms with E-state index in [-0.39, 0.29) is 5.97 Å². The molecule has 0 bridgehead atoms. The van der Waals surface area contributed by atoms with Crippen molar-refractivity contribution in [1.82, 2.24) is 24.1 Å². The van der Waals surface area contributed by atoms with E-state index < -0.39 is 0 Å². The Morgan fingerprint density at radius 3 is 2.37 bits per heavy atom. The van der Waals surface area contributed by atoms with Gasteiger partial charge in [0.05, 0.1) is 42.3 Å². The van der Waals surface area contributed by atoms with Crippen LogP contribution in [0.15, 0.2) is 85.3 Å². The molecule has 0 aliphatic carbocycles. The fourth-order valence-electron chi connectivity index (χ4n) is 4.72. The van der Waals surface area contributed by atoms with Gasteiger partial charge in [0.2, 0.25) is 0 Å². The highest BCUT2D eigenvalue weighted by molar-refractivity contribution is 6.00. The topological polar surface area (TPSA) is 83.5 Å². The lowest BCUT2D eigenvalue weighted by atomic mass is 10.1. The second-order valence-corrected chi connectivity index (χ2v) is 8.86. The molecule has 0 unspecified atom stereocenters. The molecule has 2 aromatic carbocycles. The standard InChI is InChI=1S/C30H25N5O3/c1-4-38-25-18-34(2)29-26(25)27(20-10-12-21(13-11-20)30(36)37-3)33-28-23(17-32-35(28)29)22-14-15-24(31-16-22)19-8-6-5-7-9-19/h5-18H,4H2,1-3H3. The van der Waals surface area contributed by atoms with Crippen molar-refractivity contribution in [3.05, 3.63) is 90.9 Å². The van der Waals surface area contributed by atoms with E-state index in [9.17, 15) is 4.79 Å². The van der Waals surface area contributed by atoms with Crippen LogP contribution in [0.5, 0.6) is 5.75 Å². The van der Waals surface area contributed by atoms with E-state index in [2.05, 4.69) is 0 Å². The smallest absolute Gasteiger partial charge is 0.337 e. The van der Waals surface area contributed by atoms with Crippen LogP contribution in [0.1, 0.15) is 17.3 Å². The third kappa shape index (κ3) is 3.87. The molecule has 0 N–H and O–H groups in total. The van der Waals surface area contributed by atoms with E-state index in [0.29, 0.717) is 17.8 Å². The fraction of sp³-hybridized carbons (Fsp3) is 0.133. The van der Waals surface area contributed by atoms with Crippen molar-refractivity contribution in [2.24, 2.45) is 7.05 Å². The van der Waals surface area contributed by atoms with Crippen LogP contribution in [-0.2, 0) is 11.8 Å². The number of hydrogen-bond donors (Lipinski definition) is 0. The average molecular weight is 504 g/mol. The zero-order valence-corrected chi connectivity index (χ0v) is 21.3. The molecule has 38 heavy (non-hydrogen) atoms. The Morgan fingerprint density at radius 1 is 0.921 bits per heavy atom. The molecule has 0 radical (unpaired) electrons. The van der Waals surface area contributed by atoms with Crippen molar-refractivity contribution in [2.45, 2.75) is 6.92 Å². The second-order valence-electron chi connectivity index (χ2n) is 8.86.